The number of halogens is 1. The Morgan fingerprint density at radius 3 is 2.61 bits per heavy atom. The van der Waals surface area contributed by atoms with E-state index < -0.39 is 0 Å². The zero-order valence-electron chi connectivity index (χ0n) is 17.5. The van der Waals surface area contributed by atoms with E-state index in [4.69, 9.17) is 16.3 Å². The zero-order valence-corrected chi connectivity index (χ0v) is 18.2. The Kier molecular flexibility index (Phi) is 6.31. The number of hydrogen-bond donors (Lipinski definition) is 0. The standard InChI is InChI=1S/C25H22ClN3O2/c1-17-3-4-19(16-28-17)5-7-21-18(2)27-10-9-22(21)20-6-8-24(26)23(15-20)25(30)29-11-13-31-14-12-29/h3-4,6,8-10,15-16H,11-14H2,1-2H3. The van der Waals surface area contributed by atoms with Crippen molar-refractivity contribution in [2.45, 2.75) is 13.8 Å². The average Bonchev–Trinajstić information content (AvgIpc) is 2.80. The first kappa shape index (κ1) is 21.0. The maximum absolute atomic E-state index is 13.0. The molecule has 1 aliphatic rings. The van der Waals surface area contributed by atoms with Crippen molar-refractivity contribution >= 4 is 17.5 Å². The van der Waals surface area contributed by atoms with Crippen LogP contribution in [0.5, 0.6) is 0 Å². The molecule has 0 N–H and O–H groups in total. The number of nitrogens with zero attached hydrogens (tertiary/aromatic N) is 3. The number of benzene rings is 1. The van der Waals surface area contributed by atoms with E-state index in [1.807, 2.05) is 44.2 Å². The first-order chi connectivity index (χ1) is 15.0. The number of aryl methyl sites for hydroxylation is 2. The van der Waals surface area contributed by atoms with Crippen LogP contribution in [0.4, 0.5) is 0 Å². The molecule has 0 unspecified atom stereocenters. The molecule has 1 fully saturated rings. The fourth-order valence-electron chi connectivity index (χ4n) is 3.43. The van der Waals surface area contributed by atoms with Gasteiger partial charge in [-0.25, -0.2) is 0 Å². The molecule has 1 saturated heterocycles. The van der Waals surface area contributed by atoms with Gasteiger partial charge in [-0.15, -0.1) is 0 Å². The summed E-state index contributed by atoms with van der Waals surface area (Å²) in [4.78, 5) is 23.5. The van der Waals surface area contributed by atoms with Crippen LogP contribution in [-0.4, -0.2) is 47.1 Å². The fraction of sp³-hybridized carbons (Fsp3) is 0.240. The van der Waals surface area contributed by atoms with Gasteiger partial charge in [-0.1, -0.05) is 29.5 Å². The zero-order chi connectivity index (χ0) is 21.8. The van der Waals surface area contributed by atoms with Crippen LogP contribution in [0.1, 0.15) is 32.9 Å². The fourth-order valence-corrected chi connectivity index (χ4v) is 3.63. The van der Waals surface area contributed by atoms with Gasteiger partial charge < -0.3 is 9.64 Å². The predicted molar refractivity (Wildman–Crippen MR) is 121 cm³/mol. The Bertz CT molecular complexity index is 1170. The Morgan fingerprint density at radius 2 is 1.87 bits per heavy atom. The van der Waals surface area contributed by atoms with Crippen LogP contribution >= 0.6 is 11.6 Å². The second-order valence-electron chi connectivity index (χ2n) is 7.36. The third kappa shape index (κ3) is 4.77. The number of aromatic nitrogens is 2. The van der Waals surface area contributed by atoms with E-state index in [9.17, 15) is 4.79 Å². The van der Waals surface area contributed by atoms with E-state index in [0.29, 0.717) is 36.9 Å². The first-order valence-corrected chi connectivity index (χ1v) is 10.5. The molecule has 0 bridgehead atoms. The molecule has 0 saturated carbocycles. The van der Waals surface area contributed by atoms with Crippen molar-refractivity contribution in [1.29, 1.82) is 0 Å². The molecule has 0 atom stereocenters. The molecule has 2 aromatic heterocycles. The Hall–Kier alpha value is -3.20. The number of carbonyl (C=O) groups is 1. The summed E-state index contributed by atoms with van der Waals surface area (Å²) >= 11 is 6.40. The number of rotatable bonds is 2. The van der Waals surface area contributed by atoms with Gasteiger partial charge in [0.25, 0.3) is 5.91 Å². The summed E-state index contributed by atoms with van der Waals surface area (Å²) in [6, 6.07) is 11.3. The lowest BCUT2D eigenvalue weighted by Crippen LogP contribution is -2.40. The van der Waals surface area contributed by atoms with Gasteiger partial charge in [0.15, 0.2) is 0 Å². The molecule has 3 aromatic rings. The Balaban J connectivity index is 1.73. The highest BCUT2D eigenvalue weighted by atomic mass is 35.5. The lowest BCUT2D eigenvalue weighted by molar-refractivity contribution is 0.0303. The average molecular weight is 432 g/mol. The largest absolute Gasteiger partial charge is 0.378 e. The molecule has 0 radical (unpaired) electrons. The van der Waals surface area contributed by atoms with Gasteiger partial charge in [-0.3, -0.25) is 14.8 Å². The van der Waals surface area contributed by atoms with E-state index in [1.54, 1.807) is 23.4 Å². The normalized spacial score (nSPS) is 13.5. The monoisotopic (exact) mass is 431 g/mol. The van der Waals surface area contributed by atoms with Gasteiger partial charge in [0, 0.05) is 42.3 Å². The highest BCUT2D eigenvalue weighted by Gasteiger charge is 2.21. The molecule has 5 nitrogen and oxygen atoms in total. The minimum Gasteiger partial charge on any atom is -0.378 e. The Labute approximate surface area is 187 Å². The highest BCUT2D eigenvalue weighted by molar-refractivity contribution is 6.34. The van der Waals surface area contributed by atoms with Crippen LogP contribution in [0.15, 0.2) is 48.8 Å². The van der Waals surface area contributed by atoms with Crippen LogP contribution < -0.4 is 0 Å². The van der Waals surface area contributed by atoms with Crippen molar-refractivity contribution in [3.63, 3.8) is 0 Å². The van der Waals surface area contributed by atoms with Gasteiger partial charge in [0.2, 0.25) is 0 Å². The summed E-state index contributed by atoms with van der Waals surface area (Å²) in [7, 11) is 0. The summed E-state index contributed by atoms with van der Waals surface area (Å²) < 4.78 is 5.35. The van der Waals surface area contributed by atoms with Crippen molar-refractivity contribution in [3.8, 4) is 23.0 Å². The topological polar surface area (TPSA) is 55.3 Å². The van der Waals surface area contributed by atoms with Crippen LogP contribution in [0.2, 0.25) is 5.02 Å². The molecule has 6 heteroatoms. The maximum Gasteiger partial charge on any atom is 0.255 e. The molecule has 1 amide bonds. The molecule has 1 aliphatic heterocycles. The van der Waals surface area contributed by atoms with E-state index in [-0.39, 0.29) is 5.91 Å². The van der Waals surface area contributed by atoms with Crippen molar-refractivity contribution in [1.82, 2.24) is 14.9 Å². The number of morpholine rings is 1. The third-order valence-electron chi connectivity index (χ3n) is 5.19. The molecule has 3 heterocycles. The maximum atomic E-state index is 13.0. The second kappa shape index (κ2) is 9.30. The first-order valence-electron chi connectivity index (χ1n) is 10.1. The SMILES string of the molecule is Cc1ccc(C#Cc2c(-c3ccc(Cl)c(C(=O)N4CCOCC4)c3)ccnc2C)cn1. The summed E-state index contributed by atoms with van der Waals surface area (Å²) in [5.41, 5.74) is 5.68. The van der Waals surface area contributed by atoms with Crippen LogP contribution in [-0.2, 0) is 4.74 Å². The minimum atomic E-state index is -0.0840. The van der Waals surface area contributed by atoms with Gasteiger partial charge in [0.1, 0.15) is 0 Å². The van der Waals surface area contributed by atoms with Gasteiger partial charge in [0.05, 0.1) is 35.1 Å². The number of pyridine rings is 2. The molecule has 31 heavy (non-hydrogen) atoms. The van der Waals surface area contributed by atoms with Gasteiger partial charge in [-0.05, 0) is 49.7 Å². The van der Waals surface area contributed by atoms with Crippen molar-refractivity contribution in [2.24, 2.45) is 0 Å². The van der Waals surface area contributed by atoms with E-state index in [1.165, 1.54) is 0 Å². The quantitative estimate of drug-likeness (QED) is 0.568. The molecular weight excluding hydrogens is 410 g/mol. The third-order valence-corrected chi connectivity index (χ3v) is 5.52. The van der Waals surface area contributed by atoms with Crippen LogP contribution in [0.25, 0.3) is 11.1 Å². The van der Waals surface area contributed by atoms with Crippen molar-refractivity contribution in [3.05, 3.63) is 81.9 Å². The molecular formula is C25H22ClN3O2. The second-order valence-corrected chi connectivity index (χ2v) is 7.76. The number of carbonyl (C=O) groups excluding carboxylic acids is 1. The predicted octanol–water partition coefficient (Wildman–Crippen LogP) is 4.29. The van der Waals surface area contributed by atoms with E-state index in [0.717, 1.165) is 33.6 Å². The van der Waals surface area contributed by atoms with E-state index in [2.05, 4.69) is 21.8 Å². The summed E-state index contributed by atoms with van der Waals surface area (Å²) in [5.74, 6) is 6.33. The van der Waals surface area contributed by atoms with Crippen LogP contribution in [0, 0.1) is 25.7 Å². The van der Waals surface area contributed by atoms with Gasteiger partial charge in [-0.2, -0.15) is 0 Å². The summed E-state index contributed by atoms with van der Waals surface area (Å²) in [6.07, 6.45) is 3.51. The Morgan fingerprint density at radius 1 is 1.06 bits per heavy atom. The lowest BCUT2D eigenvalue weighted by Gasteiger charge is -2.27. The van der Waals surface area contributed by atoms with Crippen molar-refractivity contribution < 1.29 is 9.53 Å². The smallest absolute Gasteiger partial charge is 0.255 e. The highest BCUT2D eigenvalue weighted by Crippen LogP contribution is 2.29. The summed E-state index contributed by atoms with van der Waals surface area (Å²) in [6.45, 7) is 6.08. The number of ether oxygens (including phenoxy) is 1. The van der Waals surface area contributed by atoms with E-state index >= 15 is 0 Å². The summed E-state index contributed by atoms with van der Waals surface area (Å²) in [5, 5.41) is 0.435. The molecule has 156 valence electrons. The number of hydrogen-bond acceptors (Lipinski definition) is 4. The minimum absolute atomic E-state index is 0.0840. The lowest BCUT2D eigenvalue weighted by atomic mass is 9.97. The molecule has 0 spiro atoms. The molecule has 0 aliphatic carbocycles. The number of amides is 1. The molecule has 1 aromatic carbocycles. The van der Waals surface area contributed by atoms with Crippen molar-refractivity contribution in [2.75, 3.05) is 26.3 Å². The van der Waals surface area contributed by atoms with Gasteiger partial charge >= 0.3 is 0 Å². The molecule has 4 rings (SSSR count). The van der Waals surface area contributed by atoms with Crippen LogP contribution in [0.3, 0.4) is 0 Å².